The third-order valence-electron chi connectivity index (χ3n) is 4.13. The molecule has 3 N–H and O–H groups in total. The van der Waals surface area contributed by atoms with Crippen molar-refractivity contribution in [2.24, 2.45) is 5.73 Å². The highest BCUT2D eigenvalue weighted by Gasteiger charge is 2.24. The van der Waals surface area contributed by atoms with E-state index < -0.39 is 0 Å². The number of benzene rings is 1. The predicted molar refractivity (Wildman–Crippen MR) is 81.2 cm³/mol. The molecule has 0 spiro atoms. The molecular formula is C16H24FN3O. The van der Waals surface area contributed by atoms with Crippen LogP contribution in [0.4, 0.5) is 4.39 Å². The van der Waals surface area contributed by atoms with E-state index in [1.165, 1.54) is 6.07 Å². The Balaban J connectivity index is 1.80. The van der Waals surface area contributed by atoms with Crippen molar-refractivity contribution in [1.82, 2.24) is 10.2 Å². The molecule has 1 heterocycles. The lowest BCUT2D eigenvalue weighted by molar-refractivity contribution is -0.123. The van der Waals surface area contributed by atoms with Crippen molar-refractivity contribution in [3.63, 3.8) is 0 Å². The number of carbonyl (C=O) groups excluding carboxylic acids is 1. The van der Waals surface area contributed by atoms with Crippen LogP contribution in [-0.2, 0) is 11.3 Å². The average molecular weight is 293 g/mol. The summed E-state index contributed by atoms with van der Waals surface area (Å²) in [6, 6.07) is 5.61. The number of nitrogens with one attached hydrogen (secondary N) is 1. The molecule has 1 saturated heterocycles. The molecule has 4 nitrogen and oxygen atoms in total. The Morgan fingerprint density at radius 2 is 2.29 bits per heavy atom. The zero-order chi connectivity index (χ0) is 15.4. The van der Waals surface area contributed by atoms with Crippen LogP contribution in [0.15, 0.2) is 18.2 Å². The first-order valence-electron chi connectivity index (χ1n) is 7.47. The molecule has 0 aromatic heterocycles. The van der Waals surface area contributed by atoms with Crippen molar-refractivity contribution in [3.05, 3.63) is 35.1 Å². The molecule has 0 aliphatic carbocycles. The van der Waals surface area contributed by atoms with E-state index in [1.54, 1.807) is 13.0 Å². The van der Waals surface area contributed by atoms with E-state index in [9.17, 15) is 9.18 Å². The van der Waals surface area contributed by atoms with Crippen LogP contribution >= 0.6 is 0 Å². The summed E-state index contributed by atoms with van der Waals surface area (Å²) >= 11 is 0. The first kappa shape index (κ1) is 15.9. The summed E-state index contributed by atoms with van der Waals surface area (Å²) in [5.41, 5.74) is 7.31. The Hall–Kier alpha value is -1.46. The van der Waals surface area contributed by atoms with Gasteiger partial charge >= 0.3 is 0 Å². The summed E-state index contributed by atoms with van der Waals surface area (Å²) in [5, 5.41) is 2.85. The molecule has 1 amide bonds. The third-order valence-corrected chi connectivity index (χ3v) is 4.13. The van der Waals surface area contributed by atoms with Gasteiger partial charge in [-0.3, -0.25) is 9.69 Å². The van der Waals surface area contributed by atoms with E-state index in [4.69, 9.17) is 5.73 Å². The number of piperidine rings is 1. The predicted octanol–water partition coefficient (Wildman–Crippen LogP) is 1.56. The van der Waals surface area contributed by atoms with E-state index in [0.717, 1.165) is 24.9 Å². The minimum absolute atomic E-state index is 0.0293. The zero-order valence-corrected chi connectivity index (χ0v) is 12.7. The Morgan fingerprint density at radius 1 is 1.52 bits per heavy atom. The summed E-state index contributed by atoms with van der Waals surface area (Å²) in [5.74, 6) is -0.265. The molecule has 0 bridgehead atoms. The fourth-order valence-corrected chi connectivity index (χ4v) is 2.68. The van der Waals surface area contributed by atoms with E-state index in [-0.39, 0.29) is 17.8 Å². The first-order valence-corrected chi connectivity index (χ1v) is 7.47. The van der Waals surface area contributed by atoms with Gasteiger partial charge in [-0.1, -0.05) is 12.1 Å². The largest absolute Gasteiger partial charge is 0.351 e. The molecule has 2 atom stereocenters. The third kappa shape index (κ3) is 4.51. The molecule has 0 radical (unpaired) electrons. The molecule has 1 aromatic rings. The maximum atomic E-state index is 13.4. The topological polar surface area (TPSA) is 58.4 Å². The molecule has 1 aliphatic rings. The highest BCUT2D eigenvalue weighted by Crippen LogP contribution is 2.15. The molecule has 21 heavy (non-hydrogen) atoms. The Labute approximate surface area is 125 Å². The maximum absolute atomic E-state index is 13.4. The van der Waals surface area contributed by atoms with Crippen LogP contribution in [0, 0.1) is 12.7 Å². The van der Waals surface area contributed by atoms with Crippen LogP contribution in [0.2, 0.25) is 0 Å². The minimum Gasteiger partial charge on any atom is -0.351 e. The summed E-state index contributed by atoms with van der Waals surface area (Å²) in [7, 11) is 0. The second-order valence-corrected chi connectivity index (χ2v) is 5.96. The van der Waals surface area contributed by atoms with Gasteiger partial charge in [0.05, 0.1) is 6.54 Å². The van der Waals surface area contributed by atoms with Crippen LogP contribution in [0.25, 0.3) is 0 Å². The summed E-state index contributed by atoms with van der Waals surface area (Å²) < 4.78 is 13.4. The number of hydrogen-bond acceptors (Lipinski definition) is 3. The minimum atomic E-state index is -0.236. The summed E-state index contributed by atoms with van der Waals surface area (Å²) in [4.78, 5) is 14.1. The van der Waals surface area contributed by atoms with Gasteiger partial charge in [-0.15, -0.1) is 0 Å². The van der Waals surface area contributed by atoms with Gasteiger partial charge in [-0.2, -0.15) is 0 Å². The van der Waals surface area contributed by atoms with Crippen LogP contribution < -0.4 is 11.1 Å². The van der Waals surface area contributed by atoms with E-state index in [2.05, 4.69) is 17.1 Å². The smallest absolute Gasteiger partial charge is 0.234 e. The second-order valence-electron chi connectivity index (χ2n) is 5.96. The van der Waals surface area contributed by atoms with Crippen molar-refractivity contribution in [1.29, 1.82) is 0 Å². The number of likely N-dealkylation sites (tertiary alicyclic amines) is 1. The van der Waals surface area contributed by atoms with Gasteiger partial charge in [0, 0.05) is 25.2 Å². The SMILES string of the molecule is Cc1ccc(CNC(=O)CN2CCC(N)CC2C)cc1F. The fraction of sp³-hybridized carbons (Fsp3) is 0.562. The number of carbonyl (C=O) groups is 1. The average Bonchev–Trinajstić information content (AvgIpc) is 2.43. The van der Waals surface area contributed by atoms with Gasteiger partial charge < -0.3 is 11.1 Å². The number of nitrogens with zero attached hydrogens (tertiary/aromatic N) is 1. The van der Waals surface area contributed by atoms with E-state index in [0.29, 0.717) is 24.7 Å². The monoisotopic (exact) mass is 293 g/mol. The van der Waals surface area contributed by atoms with E-state index >= 15 is 0 Å². The standard InChI is InChI=1S/C16H24FN3O/c1-11-3-4-13(8-15(11)17)9-19-16(21)10-20-6-5-14(18)7-12(20)2/h3-4,8,12,14H,5-7,9-10,18H2,1-2H3,(H,19,21). The lowest BCUT2D eigenvalue weighted by Gasteiger charge is -2.35. The van der Waals surface area contributed by atoms with Gasteiger partial charge in [-0.05, 0) is 43.9 Å². The van der Waals surface area contributed by atoms with E-state index in [1.807, 2.05) is 6.07 Å². The van der Waals surface area contributed by atoms with Crippen LogP contribution in [0.3, 0.4) is 0 Å². The molecule has 0 saturated carbocycles. The van der Waals surface area contributed by atoms with Crippen molar-refractivity contribution in [3.8, 4) is 0 Å². The van der Waals surface area contributed by atoms with Crippen molar-refractivity contribution in [2.45, 2.75) is 45.3 Å². The number of amides is 1. The van der Waals surface area contributed by atoms with Crippen LogP contribution in [-0.4, -0.2) is 36.0 Å². The Morgan fingerprint density at radius 3 is 2.95 bits per heavy atom. The fourth-order valence-electron chi connectivity index (χ4n) is 2.68. The van der Waals surface area contributed by atoms with Crippen LogP contribution in [0.5, 0.6) is 0 Å². The van der Waals surface area contributed by atoms with Gasteiger partial charge in [0.15, 0.2) is 0 Å². The Bertz CT molecular complexity index is 506. The van der Waals surface area contributed by atoms with Gasteiger partial charge in [0.25, 0.3) is 0 Å². The van der Waals surface area contributed by atoms with Gasteiger partial charge in [-0.25, -0.2) is 4.39 Å². The summed E-state index contributed by atoms with van der Waals surface area (Å²) in [6.07, 6.45) is 1.86. The summed E-state index contributed by atoms with van der Waals surface area (Å²) in [6.45, 7) is 5.41. The maximum Gasteiger partial charge on any atom is 0.234 e. The van der Waals surface area contributed by atoms with Crippen molar-refractivity contribution >= 4 is 5.91 Å². The number of hydrogen-bond donors (Lipinski definition) is 2. The highest BCUT2D eigenvalue weighted by atomic mass is 19.1. The normalized spacial score (nSPS) is 23.0. The lowest BCUT2D eigenvalue weighted by atomic mass is 9.99. The van der Waals surface area contributed by atoms with Crippen molar-refractivity contribution in [2.75, 3.05) is 13.1 Å². The first-order chi connectivity index (χ1) is 9.95. The van der Waals surface area contributed by atoms with Crippen LogP contribution in [0.1, 0.15) is 30.9 Å². The molecule has 116 valence electrons. The molecule has 5 heteroatoms. The number of nitrogens with two attached hydrogens (primary N) is 1. The second kappa shape index (κ2) is 7.00. The molecule has 2 unspecified atom stereocenters. The lowest BCUT2D eigenvalue weighted by Crippen LogP contribution is -2.49. The highest BCUT2D eigenvalue weighted by molar-refractivity contribution is 5.78. The van der Waals surface area contributed by atoms with Gasteiger partial charge in [0.2, 0.25) is 5.91 Å². The number of halogens is 1. The molecule has 2 rings (SSSR count). The zero-order valence-electron chi connectivity index (χ0n) is 12.7. The Kier molecular flexibility index (Phi) is 5.31. The van der Waals surface area contributed by atoms with Crippen molar-refractivity contribution < 1.29 is 9.18 Å². The van der Waals surface area contributed by atoms with Gasteiger partial charge in [0.1, 0.15) is 5.82 Å². The molecule has 1 aromatic carbocycles. The molecular weight excluding hydrogens is 269 g/mol. The molecule has 1 aliphatic heterocycles. The molecule has 1 fully saturated rings. The quantitative estimate of drug-likeness (QED) is 0.886. The number of aryl methyl sites for hydroxylation is 1. The number of rotatable bonds is 4.